The smallest absolute Gasteiger partial charge is 0.335 e. The first-order valence-corrected chi connectivity index (χ1v) is 13.4. The third-order valence-electron chi connectivity index (χ3n) is 6.35. The second kappa shape index (κ2) is 11.8. The molecule has 0 radical (unpaired) electrons. The fraction of sp³-hybridized carbons (Fsp3) is 0.0968. The van der Waals surface area contributed by atoms with Crippen LogP contribution in [0, 0.1) is 0 Å². The summed E-state index contributed by atoms with van der Waals surface area (Å²) >= 11 is 11.9. The van der Waals surface area contributed by atoms with E-state index in [0.717, 1.165) is 21.2 Å². The van der Waals surface area contributed by atoms with E-state index in [1.165, 1.54) is 30.3 Å². The average Bonchev–Trinajstić information content (AvgIpc) is 2.95. The molecule has 4 aromatic rings. The molecule has 5 rings (SSSR count). The quantitative estimate of drug-likeness (QED) is 0.148. The summed E-state index contributed by atoms with van der Waals surface area (Å²) < 4.78 is 11.9. The minimum atomic E-state index is -1.16. The van der Waals surface area contributed by atoms with E-state index >= 15 is 0 Å². The number of anilines is 1. The number of rotatable bonds is 8. The SMILES string of the molecule is CCOc1cc(C=C2C(=O)NC(=S)N(c3cccc(C(=O)O)c3)C2=O)cc(Cl)c1OCc1cccc2ccccc12. The molecule has 0 unspecified atom stereocenters. The van der Waals surface area contributed by atoms with Gasteiger partial charge in [0, 0.05) is 0 Å². The summed E-state index contributed by atoms with van der Waals surface area (Å²) in [5.74, 6) is -1.90. The highest BCUT2D eigenvalue weighted by Gasteiger charge is 2.35. The molecule has 1 aliphatic rings. The lowest BCUT2D eigenvalue weighted by atomic mass is 10.1. The highest BCUT2D eigenvalue weighted by Crippen LogP contribution is 2.38. The second-order valence-electron chi connectivity index (χ2n) is 9.00. The van der Waals surface area contributed by atoms with Crippen LogP contribution in [0.1, 0.15) is 28.4 Å². The molecule has 1 fully saturated rings. The largest absolute Gasteiger partial charge is 0.490 e. The van der Waals surface area contributed by atoms with Crippen LogP contribution in [-0.2, 0) is 16.2 Å². The monoisotopic (exact) mass is 586 g/mol. The van der Waals surface area contributed by atoms with E-state index in [1.807, 2.05) is 49.4 Å². The van der Waals surface area contributed by atoms with E-state index in [9.17, 15) is 19.5 Å². The number of thiocarbonyl (C=S) groups is 1. The Labute approximate surface area is 245 Å². The fourth-order valence-electron chi connectivity index (χ4n) is 4.48. The molecule has 2 N–H and O–H groups in total. The van der Waals surface area contributed by atoms with Crippen molar-refractivity contribution in [1.29, 1.82) is 0 Å². The number of carboxylic acids is 1. The van der Waals surface area contributed by atoms with Crippen molar-refractivity contribution in [2.75, 3.05) is 11.5 Å². The number of nitrogens with zero attached hydrogens (tertiary/aromatic N) is 1. The predicted molar refractivity (Wildman–Crippen MR) is 161 cm³/mol. The Hall–Kier alpha value is -4.73. The molecule has 41 heavy (non-hydrogen) atoms. The molecule has 206 valence electrons. The Morgan fingerprint density at radius 1 is 1.02 bits per heavy atom. The number of aromatic carboxylic acids is 1. The maximum Gasteiger partial charge on any atom is 0.335 e. The van der Waals surface area contributed by atoms with Gasteiger partial charge in [-0.15, -0.1) is 0 Å². The van der Waals surface area contributed by atoms with Crippen LogP contribution in [0.5, 0.6) is 11.5 Å². The van der Waals surface area contributed by atoms with E-state index in [0.29, 0.717) is 23.7 Å². The summed E-state index contributed by atoms with van der Waals surface area (Å²) in [5, 5.41) is 14.0. The third-order valence-corrected chi connectivity index (χ3v) is 6.91. The molecule has 0 aliphatic carbocycles. The summed E-state index contributed by atoms with van der Waals surface area (Å²) in [7, 11) is 0. The van der Waals surface area contributed by atoms with Crippen LogP contribution in [0.3, 0.4) is 0 Å². The van der Waals surface area contributed by atoms with Crippen LogP contribution in [-0.4, -0.2) is 34.6 Å². The van der Waals surface area contributed by atoms with Crippen molar-refractivity contribution in [1.82, 2.24) is 5.32 Å². The van der Waals surface area contributed by atoms with Crippen LogP contribution in [0.2, 0.25) is 5.02 Å². The molecule has 2 amide bonds. The molecule has 4 aromatic carbocycles. The zero-order valence-electron chi connectivity index (χ0n) is 21.7. The summed E-state index contributed by atoms with van der Waals surface area (Å²) in [6.45, 7) is 2.38. The number of hydrogen-bond acceptors (Lipinski definition) is 6. The summed E-state index contributed by atoms with van der Waals surface area (Å²) in [6, 6.07) is 22.8. The Bertz CT molecular complexity index is 1750. The lowest BCUT2D eigenvalue weighted by Gasteiger charge is -2.29. The number of benzene rings is 4. The lowest BCUT2D eigenvalue weighted by Crippen LogP contribution is -2.54. The first kappa shape index (κ1) is 27.8. The molecule has 0 bridgehead atoms. The van der Waals surface area contributed by atoms with Crippen molar-refractivity contribution in [3.05, 3.63) is 106 Å². The number of fused-ring (bicyclic) bond motifs is 1. The second-order valence-corrected chi connectivity index (χ2v) is 9.80. The third kappa shape index (κ3) is 5.77. The standard InChI is InChI=1S/C31H23ClN2O6S/c1-2-39-26-15-18(14-25(32)27(26)40-17-21-10-5-8-19-7-3-4-12-23(19)21)13-24-28(35)33-31(41)34(29(24)36)22-11-6-9-20(16-22)30(37)38/h3-16H,2,17H2,1H3,(H,37,38)(H,33,35,41). The van der Waals surface area contributed by atoms with Gasteiger partial charge in [-0.2, -0.15) is 0 Å². The molecule has 1 aliphatic heterocycles. The highest BCUT2D eigenvalue weighted by molar-refractivity contribution is 7.80. The number of carbonyl (C=O) groups excluding carboxylic acids is 2. The minimum Gasteiger partial charge on any atom is -0.490 e. The van der Waals surface area contributed by atoms with Crippen molar-refractivity contribution in [2.24, 2.45) is 0 Å². The summed E-state index contributed by atoms with van der Waals surface area (Å²) in [4.78, 5) is 38.7. The Balaban J connectivity index is 1.47. The summed E-state index contributed by atoms with van der Waals surface area (Å²) in [5.41, 5.74) is 1.34. The molecular weight excluding hydrogens is 564 g/mol. The van der Waals surface area contributed by atoms with Gasteiger partial charge in [0.15, 0.2) is 16.6 Å². The van der Waals surface area contributed by atoms with E-state index in [1.54, 1.807) is 12.1 Å². The summed E-state index contributed by atoms with van der Waals surface area (Å²) in [6.07, 6.45) is 1.37. The van der Waals surface area contributed by atoms with E-state index in [2.05, 4.69) is 5.32 Å². The molecule has 0 aromatic heterocycles. The van der Waals surface area contributed by atoms with Crippen LogP contribution in [0.25, 0.3) is 16.8 Å². The van der Waals surface area contributed by atoms with Gasteiger partial charge < -0.3 is 14.6 Å². The van der Waals surface area contributed by atoms with Crippen LogP contribution >= 0.6 is 23.8 Å². The van der Waals surface area contributed by atoms with Gasteiger partial charge >= 0.3 is 5.97 Å². The molecular formula is C31H23ClN2O6S. The molecule has 0 saturated carbocycles. The Morgan fingerprint density at radius 3 is 2.56 bits per heavy atom. The molecule has 8 nitrogen and oxygen atoms in total. The number of amides is 2. The van der Waals surface area contributed by atoms with Gasteiger partial charge in [0.25, 0.3) is 11.8 Å². The first-order chi connectivity index (χ1) is 19.8. The highest BCUT2D eigenvalue weighted by atomic mass is 35.5. The first-order valence-electron chi connectivity index (χ1n) is 12.6. The van der Waals surface area contributed by atoms with Crippen molar-refractivity contribution >= 4 is 69.3 Å². The van der Waals surface area contributed by atoms with Gasteiger partial charge in [-0.25, -0.2) is 4.79 Å². The number of carboxylic acid groups (broad SMARTS) is 1. The molecule has 0 atom stereocenters. The fourth-order valence-corrected chi connectivity index (χ4v) is 5.03. The normalized spacial score (nSPS) is 14.3. The predicted octanol–water partition coefficient (Wildman–Crippen LogP) is 6.00. The van der Waals surface area contributed by atoms with Gasteiger partial charge in [0.2, 0.25) is 0 Å². The number of ether oxygens (including phenoxy) is 2. The molecule has 1 heterocycles. The van der Waals surface area contributed by atoms with E-state index in [-0.39, 0.29) is 33.6 Å². The van der Waals surface area contributed by atoms with E-state index in [4.69, 9.17) is 33.3 Å². The van der Waals surface area contributed by atoms with Crippen molar-refractivity contribution in [2.45, 2.75) is 13.5 Å². The van der Waals surface area contributed by atoms with Crippen molar-refractivity contribution < 1.29 is 29.0 Å². The number of carbonyl (C=O) groups is 3. The molecule has 0 spiro atoms. The topological polar surface area (TPSA) is 105 Å². The lowest BCUT2D eigenvalue weighted by molar-refractivity contribution is -0.122. The average molecular weight is 587 g/mol. The number of nitrogens with one attached hydrogen (secondary N) is 1. The van der Waals surface area contributed by atoms with E-state index < -0.39 is 17.8 Å². The number of hydrogen-bond donors (Lipinski definition) is 2. The van der Waals surface area contributed by atoms with Crippen molar-refractivity contribution in [3.8, 4) is 11.5 Å². The number of halogens is 1. The Kier molecular flexibility index (Phi) is 8.00. The van der Waals surface area contributed by atoms with Gasteiger partial charge in [0.05, 0.1) is 22.9 Å². The van der Waals surface area contributed by atoms with Crippen LogP contribution < -0.4 is 19.7 Å². The van der Waals surface area contributed by atoms with Gasteiger partial charge in [0.1, 0.15) is 12.2 Å². The maximum absolute atomic E-state index is 13.4. The molecule has 1 saturated heterocycles. The van der Waals surface area contributed by atoms with Gasteiger partial charge in [-0.05, 0) is 77.4 Å². The van der Waals surface area contributed by atoms with Crippen LogP contribution in [0.15, 0.2) is 84.4 Å². The minimum absolute atomic E-state index is 0.0345. The van der Waals surface area contributed by atoms with Gasteiger partial charge in [-0.1, -0.05) is 60.1 Å². The molecule has 10 heteroatoms. The zero-order valence-corrected chi connectivity index (χ0v) is 23.3. The maximum atomic E-state index is 13.4. The van der Waals surface area contributed by atoms with Gasteiger partial charge in [-0.3, -0.25) is 19.8 Å². The van der Waals surface area contributed by atoms with Crippen LogP contribution in [0.4, 0.5) is 5.69 Å². The Morgan fingerprint density at radius 2 is 1.78 bits per heavy atom. The zero-order chi connectivity index (χ0) is 29.1. The van der Waals surface area contributed by atoms with Crippen molar-refractivity contribution in [3.63, 3.8) is 0 Å².